The van der Waals surface area contributed by atoms with Crippen molar-refractivity contribution in [2.24, 2.45) is 5.92 Å². The zero-order chi connectivity index (χ0) is 17.5. The summed E-state index contributed by atoms with van der Waals surface area (Å²) in [7, 11) is 1.59. The van der Waals surface area contributed by atoms with Crippen LogP contribution in [0, 0.1) is 5.92 Å². The van der Waals surface area contributed by atoms with E-state index in [-0.39, 0.29) is 12.1 Å². The van der Waals surface area contributed by atoms with Crippen molar-refractivity contribution in [2.75, 3.05) is 26.7 Å². The Morgan fingerprint density at radius 1 is 1.28 bits per heavy atom. The lowest BCUT2D eigenvalue weighted by Crippen LogP contribution is -2.48. The van der Waals surface area contributed by atoms with Crippen molar-refractivity contribution < 1.29 is 9.53 Å². The summed E-state index contributed by atoms with van der Waals surface area (Å²) in [6.07, 6.45) is 9.38. The smallest absolute Gasteiger partial charge is 0.315 e. The van der Waals surface area contributed by atoms with Gasteiger partial charge in [0.15, 0.2) is 0 Å². The highest BCUT2D eigenvalue weighted by Gasteiger charge is 2.24. The van der Waals surface area contributed by atoms with Crippen LogP contribution in [-0.2, 0) is 6.54 Å². The van der Waals surface area contributed by atoms with Crippen molar-refractivity contribution in [1.29, 1.82) is 0 Å². The molecule has 2 fully saturated rings. The second-order valence-electron chi connectivity index (χ2n) is 7.22. The maximum atomic E-state index is 12.1. The molecule has 1 aromatic rings. The second-order valence-corrected chi connectivity index (χ2v) is 7.22. The van der Waals surface area contributed by atoms with E-state index in [0.717, 1.165) is 37.4 Å². The van der Waals surface area contributed by atoms with E-state index in [1.807, 2.05) is 12.1 Å². The zero-order valence-corrected chi connectivity index (χ0v) is 15.2. The van der Waals surface area contributed by atoms with E-state index in [9.17, 15) is 4.79 Å². The molecule has 1 aliphatic heterocycles. The van der Waals surface area contributed by atoms with Gasteiger partial charge in [-0.1, -0.05) is 18.9 Å². The average molecular weight is 346 g/mol. The SMILES string of the molecule is COc1ncccc1CNC(=O)NC1CCN(CC2CCCC2)CC1. The predicted octanol–water partition coefficient (Wildman–Crippen LogP) is 2.54. The number of aromatic nitrogens is 1. The highest BCUT2D eigenvalue weighted by Crippen LogP contribution is 2.26. The van der Waals surface area contributed by atoms with Gasteiger partial charge in [-0.25, -0.2) is 9.78 Å². The van der Waals surface area contributed by atoms with Crippen molar-refractivity contribution >= 4 is 6.03 Å². The van der Waals surface area contributed by atoms with Gasteiger partial charge in [0.05, 0.1) is 7.11 Å². The van der Waals surface area contributed by atoms with Gasteiger partial charge in [-0.2, -0.15) is 0 Å². The van der Waals surface area contributed by atoms with Crippen molar-refractivity contribution in [3.05, 3.63) is 23.9 Å². The number of piperidine rings is 1. The van der Waals surface area contributed by atoms with Gasteiger partial charge in [-0.15, -0.1) is 0 Å². The van der Waals surface area contributed by atoms with Crippen molar-refractivity contribution in [2.45, 2.75) is 51.1 Å². The van der Waals surface area contributed by atoms with E-state index >= 15 is 0 Å². The molecule has 0 atom stereocenters. The number of rotatable bonds is 6. The molecule has 0 aromatic carbocycles. The molecule has 138 valence electrons. The average Bonchev–Trinajstić information content (AvgIpc) is 3.15. The van der Waals surface area contributed by atoms with Gasteiger partial charge < -0.3 is 20.3 Å². The first-order valence-corrected chi connectivity index (χ1v) is 9.49. The van der Waals surface area contributed by atoms with E-state index in [4.69, 9.17) is 4.74 Å². The summed E-state index contributed by atoms with van der Waals surface area (Å²) in [5, 5.41) is 6.01. The Morgan fingerprint density at radius 3 is 2.76 bits per heavy atom. The topological polar surface area (TPSA) is 66.5 Å². The molecule has 3 rings (SSSR count). The number of nitrogens with one attached hydrogen (secondary N) is 2. The van der Waals surface area contributed by atoms with Crippen LogP contribution in [0.2, 0.25) is 0 Å². The normalized spacial score (nSPS) is 19.7. The van der Waals surface area contributed by atoms with Crippen LogP contribution in [0.15, 0.2) is 18.3 Å². The van der Waals surface area contributed by atoms with Crippen LogP contribution in [0.1, 0.15) is 44.1 Å². The number of ether oxygens (including phenoxy) is 1. The maximum Gasteiger partial charge on any atom is 0.315 e. The van der Waals surface area contributed by atoms with Gasteiger partial charge in [-0.3, -0.25) is 0 Å². The Balaban J connectivity index is 1.36. The molecule has 0 bridgehead atoms. The highest BCUT2D eigenvalue weighted by atomic mass is 16.5. The largest absolute Gasteiger partial charge is 0.481 e. The van der Waals surface area contributed by atoms with Gasteiger partial charge >= 0.3 is 6.03 Å². The van der Waals surface area contributed by atoms with E-state index in [2.05, 4.69) is 20.5 Å². The minimum atomic E-state index is -0.111. The number of methoxy groups -OCH3 is 1. The van der Waals surface area contributed by atoms with E-state index < -0.39 is 0 Å². The molecule has 2 heterocycles. The Morgan fingerprint density at radius 2 is 2.04 bits per heavy atom. The number of nitrogens with zero attached hydrogens (tertiary/aromatic N) is 2. The standard InChI is InChI=1S/C19H30N4O2/c1-25-18-16(7-4-10-20-18)13-21-19(24)22-17-8-11-23(12-9-17)14-15-5-2-3-6-15/h4,7,10,15,17H,2-3,5-6,8-9,11-14H2,1H3,(H2,21,22,24). The molecule has 6 heteroatoms. The van der Waals surface area contributed by atoms with Crippen LogP contribution in [0.5, 0.6) is 5.88 Å². The first kappa shape index (κ1) is 18.0. The fourth-order valence-electron chi connectivity index (χ4n) is 3.97. The number of carbonyl (C=O) groups is 1. The summed E-state index contributed by atoms with van der Waals surface area (Å²) in [6, 6.07) is 3.92. The number of amides is 2. The quantitative estimate of drug-likeness (QED) is 0.831. The van der Waals surface area contributed by atoms with Crippen molar-refractivity contribution in [3.63, 3.8) is 0 Å². The number of urea groups is 1. The van der Waals surface area contributed by atoms with E-state index in [0.29, 0.717) is 12.4 Å². The summed E-state index contributed by atoms with van der Waals surface area (Å²) in [6.45, 7) is 3.86. The second kappa shape index (κ2) is 9.04. The van der Waals surface area contributed by atoms with Crippen LogP contribution in [0.4, 0.5) is 4.79 Å². The molecule has 0 radical (unpaired) electrons. The van der Waals surface area contributed by atoms with Crippen LogP contribution >= 0.6 is 0 Å². The number of likely N-dealkylation sites (tertiary alicyclic amines) is 1. The third kappa shape index (κ3) is 5.33. The molecular formula is C19H30N4O2. The fraction of sp³-hybridized carbons (Fsp3) is 0.684. The van der Waals surface area contributed by atoms with Gasteiger partial charge in [0, 0.05) is 44.0 Å². The molecule has 6 nitrogen and oxygen atoms in total. The summed E-state index contributed by atoms with van der Waals surface area (Å²) < 4.78 is 5.21. The highest BCUT2D eigenvalue weighted by molar-refractivity contribution is 5.74. The minimum absolute atomic E-state index is 0.111. The molecule has 2 aliphatic rings. The molecular weight excluding hydrogens is 316 g/mol. The van der Waals surface area contributed by atoms with Gasteiger partial charge in [0.2, 0.25) is 5.88 Å². The van der Waals surface area contributed by atoms with Crippen LogP contribution in [0.25, 0.3) is 0 Å². The molecule has 1 saturated carbocycles. The van der Waals surface area contributed by atoms with Crippen LogP contribution in [-0.4, -0.2) is 48.7 Å². The molecule has 1 saturated heterocycles. The summed E-state index contributed by atoms with van der Waals surface area (Å²) in [4.78, 5) is 18.9. The maximum absolute atomic E-state index is 12.1. The molecule has 25 heavy (non-hydrogen) atoms. The molecule has 1 aliphatic carbocycles. The molecule has 0 spiro atoms. The van der Waals surface area contributed by atoms with E-state index in [1.54, 1.807) is 13.3 Å². The predicted molar refractivity (Wildman–Crippen MR) is 97.6 cm³/mol. The monoisotopic (exact) mass is 346 g/mol. The molecule has 1 aromatic heterocycles. The Kier molecular flexibility index (Phi) is 6.50. The third-order valence-electron chi connectivity index (χ3n) is 5.40. The lowest BCUT2D eigenvalue weighted by atomic mass is 10.0. The summed E-state index contributed by atoms with van der Waals surface area (Å²) >= 11 is 0. The first-order chi connectivity index (χ1) is 12.2. The number of pyridine rings is 1. The Hall–Kier alpha value is -1.82. The van der Waals surface area contributed by atoms with Crippen LogP contribution < -0.4 is 15.4 Å². The van der Waals surface area contributed by atoms with Gasteiger partial charge in [0.1, 0.15) is 0 Å². The van der Waals surface area contributed by atoms with E-state index in [1.165, 1.54) is 32.2 Å². The fourth-order valence-corrected chi connectivity index (χ4v) is 3.97. The van der Waals surface area contributed by atoms with Crippen LogP contribution in [0.3, 0.4) is 0 Å². The van der Waals surface area contributed by atoms with Crippen molar-refractivity contribution in [1.82, 2.24) is 20.5 Å². The molecule has 2 N–H and O–H groups in total. The Bertz CT molecular complexity index is 552. The summed E-state index contributed by atoms with van der Waals surface area (Å²) in [5.74, 6) is 1.46. The minimum Gasteiger partial charge on any atom is -0.481 e. The Labute approximate surface area is 150 Å². The number of hydrogen-bond donors (Lipinski definition) is 2. The number of carbonyl (C=O) groups excluding carboxylic acids is 1. The zero-order valence-electron chi connectivity index (χ0n) is 15.2. The lowest BCUT2D eigenvalue weighted by molar-refractivity contribution is 0.171. The summed E-state index contributed by atoms with van der Waals surface area (Å²) in [5.41, 5.74) is 0.881. The number of hydrogen-bond acceptors (Lipinski definition) is 4. The lowest BCUT2D eigenvalue weighted by Gasteiger charge is -2.33. The first-order valence-electron chi connectivity index (χ1n) is 9.49. The van der Waals surface area contributed by atoms with Gasteiger partial charge in [0.25, 0.3) is 0 Å². The van der Waals surface area contributed by atoms with Gasteiger partial charge in [-0.05, 0) is 37.7 Å². The third-order valence-corrected chi connectivity index (χ3v) is 5.40. The molecule has 2 amide bonds. The molecule has 0 unspecified atom stereocenters. The van der Waals surface area contributed by atoms with Crippen molar-refractivity contribution in [3.8, 4) is 5.88 Å².